The molecule has 4 heteroatoms. The van der Waals surface area contributed by atoms with E-state index < -0.39 is 0 Å². The Morgan fingerprint density at radius 2 is 2.10 bits per heavy atom. The molecule has 0 spiro atoms. The van der Waals surface area contributed by atoms with Crippen LogP contribution in [-0.4, -0.2) is 14.5 Å². The molecule has 3 nitrogen and oxygen atoms in total. The third-order valence-electron chi connectivity index (χ3n) is 3.49. The van der Waals surface area contributed by atoms with Crippen LogP contribution in [0.4, 0.5) is 0 Å². The molecule has 1 atom stereocenters. The molecule has 0 aliphatic rings. The van der Waals surface area contributed by atoms with Crippen LogP contribution in [0.3, 0.4) is 0 Å². The van der Waals surface area contributed by atoms with E-state index in [0.717, 1.165) is 29.0 Å². The van der Waals surface area contributed by atoms with Gasteiger partial charge in [-0.2, -0.15) is 0 Å². The molecule has 0 aliphatic heterocycles. The summed E-state index contributed by atoms with van der Waals surface area (Å²) >= 11 is 0. The number of pyridine rings is 2. The molecule has 3 aromatic heterocycles. The van der Waals surface area contributed by atoms with Gasteiger partial charge >= 0.3 is 0 Å². The van der Waals surface area contributed by atoms with Crippen molar-refractivity contribution in [3.8, 4) is 5.82 Å². The molecular weight excluding hydrogens is 429 g/mol. The zero-order chi connectivity index (χ0) is 13.2. The maximum atomic E-state index is 4.71. The Morgan fingerprint density at radius 1 is 1.25 bits per heavy atom. The minimum atomic E-state index is 0. The minimum Gasteiger partial charge on any atom is -0.427 e. The molecule has 3 rings (SSSR count). The second-order valence-corrected chi connectivity index (χ2v) is 4.75. The van der Waals surface area contributed by atoms with Gasteiger partial charge in [-0.05, 0) is 30.0 Å². The second kappa shape index (κ2) is 6.32. The van der Waals surface area contributed by atoms with Crippen LogP contribution >= 0.6 is 0 Å². The summed E-state index contributed by atoms with van der Waals surface area (Å²) < 4.78 is 1.95. The van der Waals surface area contributed by atoms with E-state index in [2.05, 4.69) is 37.2 Å². The molecule has 0 amide bonds. The molecule has 1 unspecified atom stereocenters. The van der Waals surface area contributed by atoms with Crippen LogP contribution in [0.2, 0.25) is 0 Å². The fourth-order valence-electron chi connectivity index (χ4n) is 2.13. The molecule has 0 N–H and O–H groups in total. The molecule has 0 aliphatic carbocycles. The van der Waals surface area contributed by atoms with Gasteiger partial charge in [0.25, 0.3) is 0 Å². The van der Waals surface area contributed by atoms with Crippen molar-refractivity contribution in [2.75, 3.05) is 0 Å². The van der Waals surface area contributed by atoms with Crippen molar-refractivity contribution in [3.05, 3.63) is 54.5 Å². The number of hydrogen-bond donors (Lipinski definition) is 0. The summed E-state index contributed by atoms with van der Waals surface area (Å²) in [4.78, 5) is 9.06. The number of fused-ring (bicyclic) bond motifs is 1. The molecule has 0 fully saturated rings. The van der Waals surface area contributed by atoms with Gasteiger partial charge in [-0.1, -0.05) is 43.8 Å². The molecule has 0 saturated carbocycles. The van der Waals surface area contributed by atoms with E-state index in [0.29, 0.717) is 5.92 Å². The van der Waals surface area contributed by atoms with Crippen molar-refractivity contribution in [3.63, 3.8) is 0 Å². The van der Waals surface area contributed by atoms with Gasteiger partial charge in [-0.15, -0.1) is 6.07 Å². The van der Waals surface area contributed by atoms with E-state index in [1.54, 1.807) is 6.20 Å². The Bertz CT molecular complexity index is 691. The zero-order valence-electron chi connectivity index (χ0n) is 11.5. The zero-order valence-corrected chi connectivity index (χ0v) is 13.8. The molecule has 3 heterocycles. The first-order chi connectivity index (χ1) is 9.29. The maximum Gasteiger partial charge on any atom is 0.0540 e. The monoisotopic (exact) mass is 445 g/mol. The van der Waals surface area contributed by atoms with Crippen LogP contribution in [0.5, 0.6) is 0 Å². The Hall–Kier alpha value is -1.47. The van der Waals surface area contributed by atoms with Gasteiger partial charge in [0.1, 0.15) is 0 Å². The van der Waals surface area contributed by atoms with Gasteiger partial charge in [-0.25, -0.2) is 0 Å². The van der Waals surface area contributed by atoms with Gasteiger partial charge in [0.15, 0.2) is 0 Å². The van der Waals surface area contributed by atoms with Crippen LogP contribution in [0.25, 0.3) is 16.9 Å². The quantitative estimate of drug-likeness (QED) is 0.576. The normalized spacial score (nSPS) is 12.1. The Morgan fingerprint density at radius 3 is 2.80 bits per heavy atom. The van der Waals surface area contributed by atoms with Crippen LogP contribution in [-0.2, 0) is 21.1 Å². The van der Waals surface area contributed by atoms with Gasteiger partial charge in [0, 0.05) is 33.0 Å². The van der Waals surface area contributed by atoms with E-state index in [4.69, 9.17) is 4.98 Å². The smallest absolute Gasteiger partial charge is 0.0540 e. The van der Waals surface area contributed by atoms with E-state index in [9.17, 15) is 0 Å². The van der Waals surface area contributed by atoms with E-state index >= 15 is 0 Å². The second-order valence-electron chi connectivity index (χ2n) is 4.75. The Balaban J connectivity index is 0.00000147. The maximum absolute atomic E-state index is 4.71. The predicted molar refractivity (Wildman–Crippen MR) is 76.4 cm³/mol. The van der Waals surface area contributed by atoms with E-state index in [1.165, 1.54) is 0 Å². The molecule has 0 aromatic carbocycles. The summed E-state index contributed by atoms with van der Waals surface area (Å²) in [6.45, 7) is 4.38. The van der Waals surface area contributed by atoms with Crippen molar-refractivity contribution in [2.24, 2.45) is 0 Å². The number of hydrogen-bond acceptors (Lipinski definition) is 2. The van der Waals surface area contributed by atoms with Gasteiger partial charge in [0.2, 0.25) is 0 Å². The Kier molecular flexibility index (Phi) is 4.72. The van der Waals surface area contributed by atoms with Crippen LogP contribution < -0.4 is 0 Å². The Labute approximate surface area is 133 Å². The fourth-order valence-corrected chi connectivity index (χ4v) is 2.13. The average molecular weight is 445 g/mol. The predicted octanol–water partition coefficient (Wildman–Crippen LogP) is 3.73. The van der Waals surface area contributed by atoms with Crippen molar-refractivity contribution < 1.29 is 21.1 Å². The van der Waals surface area contributed by atoms with E-state index in [-0.39, 0.29) is 21.1 Å². The minimum absolute atomic E-state index is 0. The first-order valence-corrected chi connectivity index (χ1v) is 6.61. The first kappa shape index (κ1) is 14.9. The topological polar surface area (TPSA) is 30.7 Å². The number of rotatable bonds is 3. The van der Waals surface area contributed by atoms with Crippen molar-refractivity contribution in [1.29, 1.82) is 0 Å². The number of aromatic nitrogens is 3. The van der Waals surface area contributed by atoms with Crippen LogP contribution in [0, 0.1) is 6.20 Å². The van der Waals surface area contributed by atoms with Crippen LogP contribution in [0.1, 0.15) is 31.9 Å². The number of nitrogens with zero attached hydrogens (tertiary/aromatic N) is 3. The molecule has 0 radical (unpaired) electrons. The van der Waals surface area contributed by atoms with Crippen LogP contribution in [0.15, 0.2) is 42.6 Å². The summed E-state index contributed by atoms with van der Waals surface area (Å²) in [5.41, 5.74) is 3.16. The third-order valence-corrected chi connectivity index (χ3v) is 3.49. The molecule has 3 aromatic rings. The average Bonchev–Trinajstić information content (AvgIpc) is 2.90. The molecule has 0 bridgehead atoms. The first-order valence-electron chi connectivity index (χ1n) is 6.61. The fraction of sp³-hybridized carbons (Fsp3) is 0.250. The molecular formula is C16H16N3Pt-. The molecule has 0 saturated heterocycles. The summed E-state index contributed by atoms with van der Waals surface area (Å²) in [7, 11) is 0. The SMILES string of the molecule is CCC(C)c1ccc2c(c[c-]n2-c2ccccn2)n1.[Pt]. The van der Waals surface area contributed by atoms with Gasteiger partial charge < -0.3 is 9.55 Å². The third kappa shape index (κ3) is 2.68. The largest absolute Gasteiger partial charge is 0.427 e. The van der Waals surface area contributed by atoms with Crippen molar-refractivity contribution >= 4 is 11.0 Å². The summed E-state index contributed by atoms with van der Waals surface area (Å²) in [5.74, 6) is 1.36. The van der Waals surface area contributed by atoms with Crippen molar-refractivity contribution in [1.82, 2.24) is 14.5 Å². The van der Waals surface area contributed by atoms with Crippen molar-refractivity contribution in [2.45, 2.75) is 26.2 Å². The molecule has 106 valence electrons. The van der Waals surface area contributed by atoms with Gasteiger partial charge in [0.05, 0.1) is 5.82 Å². The van der Waals surface area contributed by atoms with E-state index in [1.807, 2.05) is 28.8 Å². The standard InChI is InChI=1S/C16H16N3.Pt/c1-3-12(2)13-7-8-15-14(18-13)9-11-19(15)16-6-4-5-10-17-16;/h4-10,12H,3H2,1-2H3;/q-1;. The summed E-state index contributed by atoms with van der Waals surface area (Å²) in [6, 6.07) is 12.0. The summed E-state index contributed by atoms with van der Waals surface area (Å²) in [5, 5.41) is 0. The molecule has 20 heavy (non-hydrogen) atoms. The summed E-state index contributed by atoms with van der Waals surface area (Å²) in [6.07, 6.45) is 6.09. The van der Waals surface area contributed by atoms with Gasteiger partial charge in [-0.3, -0.25) is 4.98 Å².